The van der Waals surface area contributed by atoms with E-state index in [2.05, 4.69) is 25.8 Å². The van der Waals surface area contributed by atoms with Gasteiger partial charge in [-0.2, -0.15) is 4.98 Å². The summed E-state index contributed by atoms with van der Waals surface area (Å²) in [4.78, 5) is 8.52. The molecule has 2 aromatic rings. The molecule has 0 aliphatic heterocycles. The molecule has 0 aliphatic rings. The lowest BCUT2D eigenvalue weighted by Gasteiger charge is -2.18. The molecule has 2 N–H and O–H groups in total. The lowest BCUT2D eigenvalue weighted by atomic mass is 10.2. The molecule has 28 heavy (non-hydrogen) atoms. The number of aryl methyl sites for hydroxylation is 1. The fourth-order valence-corrected chi connectivity index (χ4v) is 2.31. The summed E-state index contributed by atoms with van der Waals surface area (Å²) in [5, 5.41) is 10.3. The minimum atomic E-state index is -0.367. The predicted octanol–water partition coefficient (Wildman–Crippen LogP) is 3.52. The minimum absolute atomic E-state index is 0. The van der Waals surface area contributed by atoms with E-state index in [9.17, 15) is 4.39 Å². The van der Waals surface area contributed by atoms with E-state index < -0.39 is 0 Å². The third-order valence-electron chi connectivity index (χ3n) is 3.81. The summed E-state index contributed by atoms with van der Waals surface area (Å²) in [5.74, 6) is 2.18. The minimum Gasteiger partial charge on any atom is -0.486 e. The maximum Gasteiger partial charge on any atom is 0.226 e. The number of aromatic nitrogens is 2. The highest BCUT2D eigenvalue weighted by molar-refractivity contribution is 14.0. The molecule has 1 aromatic heterocycles. The normalized spacial score (nSPS) is 12.4. The van der Waals surface area contributed by atoms with Gasteiger partial charge in [0.1, 0.15) is 6.10 Å². The second-order valence-electron chi connectivity index (χ2n) is 6.54. The number of nitrogens with one attached hydrogen (secondary N) is 2. The van der Waals surface area contributed by atoms with Gasteiger partial charge in [-0.15, -0.1) is 24.0 Å². The molecule has 1 aromatic carbocycles. The Morgan fingerprint density at radius 2 is 2.00 bits per heavy atom. The van der Waals surface area contributed by atoms with Crippen LogP contribution in [0.5, 0.6) is 5.75 Å². The van der Waals surface area contributed by atoms with Crippen LogP contribution in [0.3, 0.4) is 0 Å². The first-order chi connectivity index (χ1) is 13.0. The first-order valence-electron chi connectivity index (χ1n) is 9.17. The standard InChI is InChI=1S/C19H28FN5O2.HI/c1-13(2)18-24-17(27-25-18)10-7-11-22-19(21-4)23-12-14(3)26-16-9-6-5-8-15(16)20;/h5-6,8-9,13-14H,7,10-12H2,1-4H3,(H2,21,22,23);1H. The van der Waals surface area contributed by atoms with E-state index in [1.54, 1.807) is 25.2 Å². The first-order valence-corrected chi connectivity index (χ1v) is 9.17. The van der Waals surface area contributed by atoms with Gasteiger partial charge in [0.05, 0.1) is 6.54 Å². The van der Waals surface area contributed by atoms with Crippen molar-refractivity contribution in [3.05, 3.63) is 41.8 Å². The molecule has 1 heterocycles. The summed E-state index contributed by atoms with van der Waals surface area (Å²) in [5.41, 5.74) is 0. The fourth-order valence-electron chi connectivity index (χ4n) is 2.31. The van der Waals surface area contributed by atoms with Gasteiger partial charge in [0.15, 0.2) is 23.4 Å². The molecule has 0 amide bonds. The largest absolute Gasteiger partial charge is 0.486 e. The van der Waals surface area contributed by atoms with E-state index >= 15 is 0 Å². The summed E-state index contributed by atoms with van der Waals surface area (Å²) in [6.07, 6.45) is 1.33. The number of aliphatic imine (C=N–C) groups is 1. The molecule has 9 heteroatoms. The second-order valence-corrected chi connectivity index (χ2v) is 6.54. The summed E-state index contributed by atoms with van der Waals surface area (Å²) in [7, 11) is 1.70. The van der Waals surface area contributed by atoms with Crippen LogP contribution in [0.25, 0.3) is 0 Å². The Morgan fingerprint density at radius 3 is 2.64 bits per heavy atom. The zero-order valence-electron chi connectivity index (χ0n) is 16.7. The van der Waals surface area contributed by atoms with Crippen LogP contribution in [-0.4, -0.2) is 42.3 Å². The Kier molecular flexibility index (Phi) is 10.8. The first kappa shape index (κ1) is 24.1. The molecule has 7 nitrogen and oxygen atoms in total. The van der Waals surface area contributed by atoms with Crippen molar-refractivity contribution in [3.8, 4) is 5.75 Å². The van der Waals surface area contributed by atoms with Gasteiger partial charge in [-0.05, 0) is 25.5 Å². The fraction of sp³-hybridized carbons (Fsp3) is 0.526. The third-order valence-corrected chi connectivity index (χ3v) is 3.81. The molecule has 0 fully saturated rings. The van der Waals surface area contributed by atoms with Crippen molar-refractivity contribution in [2.75, 3.05) is 20.1 Å². The molecule has 0 spiro atoms. The smallest absolute Gasteiger partial charge is 0.226 e. The van der Waals surface area contributed by atoms with Gasteiger partial charge < -0.3 is 19.9 Å². The number of hydrogen-bond acceptors (Lipinski definition) is 5. The Labute approximate surface area is 182 Å². The number of rotatable bonds is 9. The molecule has 0 saturated carbocycles. The summed E-state index contributed by atoms with van der Waals surface area (Å²) in [6, 6.07) is 6.37. The SMILES string of the molecule is CN=C(NCCCc1nc(C(C)C)no1)NCC(C)Oc1ccccc1F.I. The van der Waals surface area contributed by atoms with Crippen molar-refractivity contribution < 1.29 is 13.7 Å². The monoisotopic (exact) mass is 505 g/mol. The van der Waals surface area contributed by atoms with Gasteiger partial charge in [0.25, 0.3) is 0 Å². The number of ether oxygens (including phenoxy) is 1. The van der Waals surface area contributed by atoms with Crippen molar-refractivity contribution in [1.82, 2.24) is 20.8 Å². The Hall–Kier alpha value is -1.91. The molecule has 0 radical (unpaired) electrons. The number of halogens is 2. The lowest BCUT2D eigenvalue weighted by molar-refractivity contribution is 0.214. The zero-order chi connectivity index (χ0) is 19.6. The van der Waals surface area contributed by atoms with E-state index in [1.165, 1.54) is 6.07 Å². The maximum absolute atomic E-state index is 13.6. The molecule has 0 bridgehead atoms. The van der Waals surface area contributed by atoms with Gasteiger partial charge in [-0.25, -0.2) is 4.39 Å². The molecule has 0 saturated heterocycles. The van der Waals surface area contributed by atoms with Gasteiger partial charge in [-0.1, -0.05) is 31.1 Å². The molecule has 1 atom stereocenters. The molecule has 0 aliphatic carbocycles. The van der Waals surface area contributed by atoms with E-state index in [-0.39, 0.29) is 47.6 Å². The molecule has 1 unspecified atom stereocenters. The van der Waals surface area contributed by atoms with Crippen molar-refractivity contribution in [2.24, 2.45) is 4.99 Å². The number of para-hydroxylation sites is 1. The Bertz CT molecular complexity index is 739. The van der Waals surface area contributed by atoms with Crippen LogP contribution in [-0.2, 0) is 6.42 Å². The number of hydrogen-bond donors (Lipinski definition) is 2. The van der Waals surface area contributed by atoms with Crippen LogP contribution in [0.4, 0.5) is 4.39 Å². The summed E-state index contributed by atoms with van der Waals surface area (Å²) >= 11 is 0. The third kappa shape index (κ3) is 7.99. The summed E-state index contributed by atoms with van der Waals surface area (Å²) in [6.45, 7) is 7.14. The van der Waals surface area contributed by atoms with Crippen molar-refractivity contribution in [3.63, 3.8) is 0 Å². The average Bonchev–Trinajstić information content (AvgIpc) is 3.12. The highest BCUT2D eigenvalue weighted by atomic mass is 127. The van der Waals surface area contributed by atoms with Crippen molar-refractivity contribution in [2.45, 2.75) is 45.6 Å². The van der Waals surface area contributed by atoms with Crippen LogP contribution < -0.4 is 15.4 Å². The Balaban J connectivity index is 0.00000392. The lowest BCUT2D eigenvalue weighted by Crippen LogP contribution is -2.42. The van der Waals surface area contributed by atoms with Crippen molar-refractivity contribution in [1.29, 1.82) is 0 Å². The highest BCUT2D eigenvalue weighted by Gasteiger charge is 2.10. The average molecular weight is 505 g/mol. The van der Waals surface area contributed by atoms with Gasteiger partial charge in [-0.3, -0.25) is 4.99 Å². The molecule has 156 valence electrons. The van der Waals surface area contributed by atoms with E-state index in [0.29, 0.717) is 31.4 Å². The highest BCUT2D eigenvalue weighted by Crippen LogP contribution is 2.16. The molecule has 2 rings (SSSR count). The van der Waals surface area contributed by atoms with Crippen LogP contribution in [0.1, 0.15) is 44.8 Å². The maximum atomic E-state index is 13.6. The Morgan fingerprint density at radius 1 is 1.25 bits per heavy atom. The van der Waals surface area contributed by atoms with Gasteiger partial charge in [0, 0.05) is 25.9 Å². The van der Waals surface area contributed by atoms with Crippen LogP contribution in [0.15, 0.2) is 33.8 Å². The molecular weight excluding hydrogens is 476 g/mol. The van der Waals surface area contributed by atoms with Crippen LogP contribution in [0, 0.1) is 5.82 Å². The van der Waals surface area contributed by atoms with E-state index in [0.717, 1.165) is 12.2 Å². The second kappa shape index (κ2) is 12.5. The zero-order valence-corrected chi connectivity index (χ0v) is 19.1. The topological polar surface area (TPSA) is 84.6 Å². The van der Waals surface area contributed by atoms with Gasteiger partial charge >= 0.3 is 0 Å². The number of benzene rings is 1. The quantitative estimate of drug-likeness (QED) is 0.235. The van der Waals surface area contributed by atoms with Crippen molar-refractivity contribution >= 4 is 29.9 Å². The van der Waals surface area contributed by atoms with Crippen LogP contribution >= 0.6 is 24.0 Å². The van der Waals surface area contributed by atoms with E-state index in [1.807, 2.05) is 20.8 Å². The number of guanidine groups is 1. The van der Waals surface area contributed by atoms with Gasteiger partial charge in [0.2, 0.25) is 5.89 Å². The molecular formula is C19H29FIN5O2. The summed E-state index contributed by atoms with van der Waals surface area (Å²) < 4.78 is 24.4. The predicted molar refractivity (Wildman–Crippen MR) is 118 cm³/mol. The van der Waals surface area contributed by atoms with Crippen LogP contribution in [0.2, 0.25) is 0 Å². The number of nitrogens with zero attached hydrogens (tertiary/aromatic N) is 3. The van der Waals surface area contributed by atoms with E-state index in [4.69, 9.17) is 9.26 Å².